The van der Waals surface area contributed by atoms with Crippen LogP contribution < -0.4 is 4.90 Å². The Morgan fingerprint density at radius 2 is 1.13 bits per heavy atom. The van der Waals surface area contributed by atoms with Crippen LogP contribution in [0.5, 0.6) is 0 Å². The van der Waals surface area contributed by atoms with Crippen molar-refractivity contribution in [2.75, 3.05) is 4.90 Å². The molecule has 0 fully saturated rings. The molecular weight excluding hydrogens is 927 g/mol. The molecule has 1 nitrogen and oxygen atoms in total. The molecule has 9 aromatic rings. The lowest BCUT2D eigenvalue weighted by Crippen LogP contribution is -2.22. The van der Waals surface area contributed by atoms with Gasteiger partial charge in [-0.1, -0.05) is 261 Å². The number of hydrogen-bond donors (Lipinski definition) is 0. The fraction of sp³-hybridized carbons (Fsp3) is 0.237. The van der Waals surface area contributed by atoms with Crippen molar-refractivity contribution in [3.8, 4) is 44.5 Å². The first-order chi connectivity index (χ1) is 37.8. The maximum absolute atomic E-state index is 2.55. The molecule has 0 heterocycles. The molecule has 2 aliphatic carbocycles. The van der Waals surface area contributed by atoms with Gasteiger partial charge in [0.2, 0.25) is 0 Å². The lowest BCUT2D eigenvalue weighted by Gasteiger charge is -2.32. The van der Waals surface area contributed by atoms with Gasteiger partial charge in [-0.3, -0.25) is 0 Å². The number of anilines is 3. The Morgan fingerprint density at radius 3 is 1.81 bits per heavy atom. The van der Waals surface area contributed by atoms with Gasteiger partial charge < -0.3 is 4.90 Å². The Hall–Kier alpha value is -7.74. The molecule has 11 rings (SSSR count). The SMILES string of the molecule is CCCCCC1(C)c2ccccc2-c2ccc(/C(=C\c3ccc(-c4ccc(N(c5ccc(-c6ccccc6)cc5)c5cccc6c5C=CCC6)cc4)cc3)Cc3ccc(-c4ccccc4C(C)(CCC)CCC)cc3)cc21. The minimum absolute atomic E-state index is 0.0277. The highest BCUT2D eigenvalue weighted by Crippen LogP contribution is 2.52. The predicted molar refractivity (Wildman–Crippen MR) is 332 cm³/mol. The highest BCUT2D eigenvalue weighted by atomic mass is 15.1. The molecule has 0 radical (unpaired) electrons. The van der Waals surface area contributed by atoms with E-state index < -0.39 is 0 Å². The highest BCUT2D eigenvalue weighted by molar-refractivity contribution is 5.89. The highest BCUT2D eigenvalue weighted by Gasteiger charge is 2.39. The van der Waals surface area contributed by atoms with Gasteiger partial charge >= 0.3 is 0 Å². The zero-order valence-corrected chi connectivity index (χ0v) is 46.2. The fourth-order valence-electron chi connectivity index (χ4n) is 13.1. The van der Waals surface area contributed by atoms with Crippen molar-refractivity contribution in [2.24, 2.45) is 0 Å². The normalized spacial score (nSPS) is 14.7. The predicted octanol–water partition coefficient (Wildman–Crippen LogP) is 21.6. The standard InChI is InChI=1S/C76H75N/c1-6-9-19-51-76(5)72-29-18-16-27-69(72)70-48-43-63(54-73(70)76)64(53-56-33-37-62(38-34-56)67-25-15-17-28-71(67)75(4,49-7-2)50-8-3)52-55-31-35-58(36-32-55)60-41-46-66(47-42-60)77(74-30-20-24-61-23-13-14-26-68(61)74)65-44-39-59(40-45-65)57-21-11-10-12-22-57/h10-12,14-18,20-22,24-48,52,54H,6-9,13,19,23,49-51,53H2,1-5H3/b64-52-. The Balaban J connectivity index is 0.927. The van der Waals surface area contributed by atoms with Gasteiger partial charge in [-0.15, -0.1) is 0 Å². The third-order valence-corrected chi connectivity index (χ3v) is 17.1. The van der Waals surface area contributed by atoms with Crippen LogP contribution in [0.4, 0.5) is 17.1 Å². The number of hydrogen-bond acceptors (Lipinski definition) is 1. The molecule has 1 unspecified atom stereocenters. The summed E-state index contributed by atoms with van der Waals surface area (Å²) in [6.45, 7) is 11.9. The summed E-state index contributed by atoms with van der Waals surface area (Å²) in [6.07, 6.45) is 19.7. The average Bonchev–Trinajstić information content (AvgIpc) is 3.80. The molecule has 0 amide bonds. The topological polar surface area (TPSA) is 3.24 Å². The molecule has 1 heteroatoms. The van der Waals surface area contributed by atoms with Crippen LogP contribution in [0.15, 0.2) is 218 Å². The van der Waals surface area contributed by atoms with Gasteiger partial charge in [0.05, 0.1) is 5.69 Å². The first-order valence-electron chi connectivity index (χ1n) is 28.9. The third-order valence-electron chi connectivity index (χ3n) is 17.1. The zero-order valence-electron chi connectivity index (χ0n) is 46.2. The minimum Gasteiger partial charge on any atom is -0.310 e. The van der Waals surface area contributed by atoms with Gasteiger partial charge in [-0.2, -0.15) is 0 Å². The maximum atomic E-state index is 2.55. The van der Waals surface area contributed by atoms with Crippen molar-refractivity contribution in [2.45, 2.75) is 116 Å². The first-order valence-corrected chi connectivity index (χ1v) is 28.9. The van der Waals surface area contributed by atoms with Gasteiger partial charge in [-0.25, -0.2) is 0 Å². The van der Waals surface area contributed by atoms with Crippen molar-refractivity contribution in [1.29, 1.82) is 0 Å². The molecule has 0 bridgehead atoms. The summed E-state index contributed by atoms with van der Waals surface area (Å²) in [7, 11) is 0. The molecular formula is C76H75N. The fourth-order valence-corrected chi connectivity index (χ4v) is 13.1. The molecule has 0 aliphatic heterocycles. The van der Waals surface area contributed by atoms with Gasteiger partial charge in [0, 0.05) is 22.4 Å². The smallest absolute Gasteiger partial charge is 0.0536 e. The Kier molecular flexibility index (Phi) is 15.2. The summed E-state index contributed by atoms with van der Waals surface area (Å²) in [5.41, 5.74) is 26.2. The molecule has 2 aliphatic rings. The second-order valence-corrected chi connectivity index (χ2v) is 22.5. The van der Waals surface area contributed by atoms with Crippen LogP contribution in [-0.4, -0.2) is 0 Å². The number of nitrogens with zero attached hydrogens (tertiary/aromatic N) is 1. The lowest BCUT2D eigenvalue weighted by atomic mass is 9.72. The van der Waals surface area contributed by atoms with E-state index >= 15 is 0 Å². The molecule has 0 aromatic heterocycles. The summed E-state index contributed by atoms with van der Waals surface area (Å²) >= 11 is 0. The maximum Gasteiger partial charge on any atom is 0.0536 e. The van der Waals surface area contributed by atoms with Gasteiger partial charge in [0.1, 0.15) is 0 Å². The van der Waals surface area contributed by atoms with Crippen LogP contribution in [0.2, 0.25) is 0 Å². The summed E-state index contributed by atoms with van der Waals surface area (Å²) in [5.74, 6) is 0. The van der Waals surface area contributed by atoms with E-state index in [9.17, 15) is 0 Å². The molecule has 0 N–H and O–H groups in total. The van der Waals surface area contributed by atoms with Crippen LogP contribution in [0, 0.1) is 0 Å². The van der Waals surface area contributed by atoms with Crippen LogP contribution in [0.25, 0.3) is 62.2 Å². The molecule has 77 heavy (non-hydrogen) atoms. The number of benzene rings is 9. The van der Waals surface area contributed by atoms with E-state index in [4.69, 9.17) is 0 Å². The van der Waals surface area contributed by atoms with Gasteiger partial charge in [0.25, 0.3) is 0 Å². The largest absolute Gasteiger partial charge is 0.310 e. The van der Waals surface area contributed by atoms with Crippen LogP contribution in [-0.2, 0) is 23.7 Å². The van der Waals surface area contributed by atoms with Gasteiger partial charge in [0.15, 0.2) is 0 Å². The molecule has 0 spiro atoms. The van der Waals surface area contributed by atoms with Crippen LogP contribution in [0.3, 0.4) is 0 Å². The van der Waals surface area contributed by atoms with E-state index in [1.807, 2.05) is 0 Å². The Morgan fingerprint density at radius 1 is 0.532 bits per heavy atom. The second kappa shape index (κ2) is 22.8. The summed E-state index contributed by atoms with van der Waals surface area (Å²) < 4.78 is 0. The van der Waals surface area contributed by atoms with Crippen molar-refractivity contribution >= 4 is 34.8 Å². The zero-order chi connectivity index (χ0) is 52.8. The van der Waals surface area contributed by atoms with Crippen molar-refractivity contribution in [3.05, 3.63) is 263 Å². The molecule has 1 atom stereocenters. The van der Waals surface area contributed by atoms with E-state index in [1.54, 1.807) is 0 Å². The molecule has 384 valence electrons. The second-order valence-electron chi connectivity index (χ2n) is 22.5. The van der Waals surface area contributed by atoms with Crippen molar-refractivity contribution in [3.63, 3.8) is 0 Å². The number of aryl methyl sites for hydroxylation is 1. The molecule has 0 saturated heterocycles. The first kappa shape index (κ1) is 51.4. The van der Waals surface area contributed by atoms with E-state index in [-0.39, 0.29) is 10.8 Å². The number of allylic oxidation sites excluding steroid dienone is 2. The van der Waals surface area contributed by atoms with Crippen LogP contribution in [0.1, 0.15) is 137 Å². The van der Waals surface area contributed by atoms with E-state index in [2.05, 4.69) is 270 Å². The van der Waals surface area contributed by atoms with E-state index in [0.29, 0.717) is 0 Å². The van der Waals surface area contributed by atoms with Crippen molar-refractivity contribution < 1.29 is 0 Å². The minimum atomic E-state index is -0.0277. The number of fused-ring (bicyclic) bond motifs is 4. The molecule has 0 saturated carbocycles. The number of unbranched alkanes of at least 4 members (excludes halogenated alkanes) is 2. The number of rotatable bonds is 19. The lowest BCUT2D eigenvalue weighted by molar-refractivity contribution is 0.393. The third kappa shape index (κ3) is 10.6. The summed E-state index contributed by atoms with van der Waals surface area (Å²) in [5, 5.41) is 0. The summed E-state index contributed by atoms with van der Waals surface area (Å²) in [4.78, 5) is 2.43. The van der Waals surface area contributed by atoms with Crippen LogP contribution >= 0.6 is 0 Å². The van der Waals surface area contributed by atoms with Crippen molar-refractivity contribution in [1.82, 2.24) is 0 Å². The Bertz CT molecular complexity index is 3510. The van der Waals surface area contributed by atoms with E-state index in [1.165, 1.54) is 145 Å². The Labute approximate surface area is 460 Å². The quantitative estimate of drug-likeness (QED) is 0.0576. The van der Waals surface area contributed by atoms with E-state index in [0.717, 1.165) is 37.1 Å². The summed E-state index contributed by atoms with van der Waals surface area (Å²) in [6, 6.07) is 80.1. The monoisotopic (exact) mass is 1000 g/mol. The molecule has 9 aromatic carbocycles. The van der Waals surface area contributed by atoms with Gasteiger partial charge in [-0.05, 0) is 169 Å². The average molecular weight is 1000 g/mol.